The fraction of sp³-hybridized carbons (Fsp3) is 0.259. The molecule has 3 aromatic rings. The van der Waals surface area contributed by atoms with Gasteiger partial charge in [-0.15, -0.1) is 0 Å². The summed E-state index contributed by atoms with van der Waals surface area (Å²) in [6.45, 7) is 0.305. The molecule has 184 valence electrons. The minimum Gasteiger partial charge on any atom is -0.493 e. The summed E-state index contributed by atoms with van der Waals surface area (Å²) >= 11 is 0. The van der Waals surface area contributed by atoms with E-state index in [0.717, 1.165) is 16.7 Å². The molecule has 2 N–H and O–H groups in total. The lowest BCUT2D eigenvalue weighted by molar-refractivity contribution is -0.123. The highest BCUT2D eigenvalue weighted by molar-refractivity contribution is 5.86. The van der Waals surface area contributed by atoms with Gasteiger partial charge in [-0.3, -0.25) is 4.79 Å². The van der Waals surface area contributed by atoms with Gasteiger partial charge >= 0.3 is 6.09 Å². The van der Waals surface area contributed by atoms with Gasteiger partial charge in [0.15, 0.2) is 11.5 Å². The molecule has 1 atom stereocenters. The molecular weight excluding hydrogens is 448 g/mol. The Balaban J connectivity index is 1.68. The summed E-state index contributed by atoms with van der Waals surface area (Å²) in [5, 5.41) is 5.57. The van der Waals surface area contributed by atoms with Crippen LogP contribution in [-0.2, 0) is 29.1 Å². The van der Waals surface area contributed by atoms with Crippen molar-refractivity contribution in [3.63, 3.8) is 0 Å². The molecule has 0 aromatic heterocycles. The third-order valence-electron chi connectivity index (χ3n) is 5.30. The number of hydrogen-bond acceptors (Lipinski definition) is 6. The van der Waals surface area contributed by atoms with E-state index < -0.39 is 12.1 Å². The minimum atomic E-state index is -0.831. The maximum Gasteiger partial charge on any atom is 0.408 e. The van der Waals surface area contributed by atoms with Gasteiger partial charge in [0.25, 0.3) is 0 Å². The lowest BCUT2D eigenvalue weighted by Crippen LogP contribution is -2.48. The predicted octanol–water partition coefficient (Wildman–Crippen LogP) is 3.87. The molecule has 8 nitrogen and oxygen atoms in total. The average molecular weight is 479 g/mol. The van der Waals surface area contributed by atoms with Crippen molar-refractivity contribution >= 4 is 12.0 Å². The molecule has 0 radical (unpaired) electrons. The molecule has 0 aliphatic carbocycles. The molecule has 0 fully saturated rings. The first-order valence-electron chi connectivity index (χ1n) is 11.1. The molecule has 0 spiro atoms. The second kappa shape index (κ2) is 12.9. The Kier molecular flexibility index (Phi) is 9.36. The van der Waals surface area contributed by atoms with E-state index in [1.807, 2.05) is 60.7 Å². The van der Waals surface area contributed by atoms with Crippen LogP contribution in [-0.4, -0.2) is 39.4 Å². The molecule has 0 saturated heterocycles. The smallest absolute Gasteiger partial charge is 0.408 e. The van der Waals surface area contributed by atoms with Gasteiger partial charge in [0.1, 0.15) is 12.6 Å². The Bertz CT molecular complexity index is 1080. The lowest BCUT2D eigenvalue weighted by atomic mass is 10.1. The maximum atomic E-state index is 13.1. The summed E-state index contributed by atoms with van der Waals surface area (Å²) in [4.78, 5) is 25.6. The van der Waals surface area contributed by atoms with Crippen molar-refractivity contribution in [2.45, 2.75) is 25.6 Å². The van der Waals surface area contributed by atoms with Crippen LogP contribution in [0.5, 0.6) is 17.2 Å². The zero-order valence-electron chi connectivity index (χ0n) is 20.1. The van der Waals surface area contributed by atoms with Gasteiger partial charge in [-0.25, -0.2) is 4.79 Å². The summed E-state index contributed by atoms with van der Waals surface area (Å²) in [5.74, 6) is 1.09. The molecule has 0 saturated carbocycles. The lowest BCUT2D eigenvalue weighted by Gasteiger charge is -2.19. The van der Waals surface area contributed by atoms with Gasteiger partial charge < -0.3 is 29.6 Å². The average Bonchev–Trinajstić information content (AvgIpc) is 2.90. The summed E-state index contributed by atoms with van der Waals surface area (Å²) in [6, 6.07) is 21.5. The van der Waals surface area contributed by atoms with Crippen molar-refractivity contribution in [3.05, 3.63) is 89.5 Å². The second-order valence-corrected chi connectivity index (χ2v) is 7.70. The highest BCUT2D eigenvalue weighted by Gasteiger charge is 2.22. The highest BCUT2D eigenvalue weighted by Crippen LogP contribution is 2.38. The third-order valence-corrected chi connectivity index (χ3v) is 5.30. The number of carbonyl (C=O) groups is 2. The fourth-order valence-corrected chi connectivity index (χ4v) is 3.52. The van der Waals surface area contributed by atoms with Crippen molar-refractivity contribution in [1.82, 2.24) is 10.6 Å². The highest BCUT2D eigenvalue weighted by atomic mass is 16.5. The maximum absolute atomic E-state index is 13.1. The van der Waals surface area contributed by atoms with Crippen molar-refractivity contribution < 1.29 is 28.5 Å². The van der Waals surface area contributed by atoms with Gasteiger partial charge in [-0.1, -0.05) is 60.7 Å². The Hall–Kier alpha value is -4.20. The molecule has 0 bridgehead atoms. The molecule has 0 aliphatic heterocycles. The number of amides is 2. The van der Waals surface area contributed by atoms with Crippen molar-refractivity contribution in [3.8, 4) is 17.2 Å². The van der Waals surface area contributed by atoms with Crippen LogP contribution in [0.2, 0.25) is 0 Å². The zero-order chi connectivity index (χ0) is 25.0. The summed E-state index contributed by atoms with van der Waals surface area (Å²) in [7, 11) is 4.58. The molecule has 0 aliphatic rings. The van der Waals surface area contributed by atoms with E-state index in [9.17, 15) is 9.59 Å². The van der Waals surface area contributed by atoms with E-state index >= 15 is 0 Å². The molecular formula is C27H30N2O6. The first-order chi connectivity index (χ1) is 17.0. The fourth-order valence-electron chi connectivity index (χ4n) is 3.52. The van der Waals surface area contributed by atoms with Crippen LogP contribution in [0, 0.1) is 0 Å². The van der Waals surface area contributed by atoms with Gasteiger partial charge in [-0.05, 0) is 28.8 Å². The number of hydrogen-bond donors (Lipinski definition) is 2. The van der Waals surface area contributed by atoms with Crippen LogP contribution >= 0.6 is 0 Å². The molecule has 8 heteroatoms. The van der Waals surface area contributed by atoms with Gasteiger partial charge in [0.2, 0.25) is 11.7 Å². The first-order valence-corrected chi connectivity index (χ1v) is 11.1. The molecule has 2 amide bonds. The number of benzene rings is 3. The third kappa shape index (κ3) is 7.40. The van der Waals surface area contributed by atoms with Crippen LogP contribution < -0.4 is 24.8 Å². The van der Waals surface area contributed by atoms with E-state index in [0.29, 0.717) is 23.7 Å². The van der Waals surface area contributed by atoms with Gasteiger partial charge in [-0.2, -0.15) is 0 Å². The van der Waals surface area contributed by atoms with Crippen molar-refractivity contribution in [1.29, 1.82) is 0 Å². The Morgan fingerprint density at radius 2 is 1.34 bits per heavy atom. The SMILES string of the molecule is COc1cc(CNC(=O)[C@H](Cc2ccccc2)NC(=O)OCc2ccccc2)cc(OC)c1OC. The molecule has 0 heterocycles. The largest absolute Gasteiger partial charge is 0.493 e. The number of alkyl carbamates (subject to hydrolysis) is 1. The quantitative estimate of drug-likeness (QED) is 0.435. The number of rotatable bonds is 11. The Morgan fingerprint density at radius 1 is 0.771 bits per heavy atom. The van der Waals surface area contributed by atoms with E-state index in [4.69, 9.17) is 18.9 Å². The molecule has 3 aromatic carbocycles. The number of ether oxygens (including phenoxy) is 4. The Morgan fingerprint density at radius 3 is 1.89 bits per heavy atom. The minimum absolute atomic E-state index is 0.109. The van der Waals surface area contributed by atoms with Gasteiger partial charge in [0.05, 0.1) is 21.3 Å². The first kappa shape index (κ1) is 25.4. The molecule has 3 rings (SSSR count). The monoisotopic (exact) mass is 478 g/mol. The van der Waals surface area contributed by atoms with E-state index in [1.54, 1.807) is 12.1 Å². The van der Waals surface area contributed by atoms with Crippen LogP contribution in [0.25, 0.3) is 0 Å². The zero-order valence-corrected chi connectivity index (χ0v) is 20.1. The molecule has 35 heavy (non-hydrogen) atoms. The van der Waals surface area contributed by atoms with Crippen LogP contribution in [0.3, 0.4) is 0 Å². The van der Waals surface area contributed by atoms with E-state index in [1.165, 1.54) is 21.3 Å². The number of methoxy groups -OCH3 is 3. The topological polar surface area (TPSA) is 95.1 Å². The normalized spacial score (nSPS) is 11.2. The van der Waals surface area contributed by atoms with E-state index in [2.05, 4.69) is 10.6 Å². The predicted molar refractivity (Wildman–Crippen MR) is 132 cm³/mol. The number of carbonyl (C=O) groups excluding carboxylic acids is 2. The number of nitrogens with one attached hydrogen (secondary N) is 2. The molecule has 0 unspecified atom stereocenters. The second-order valence-electron chi connectivity index (χ2n) is 7.70. The van der Waals surface area contributed by atoms with Crippen molar-refractivity contribution in [2.75, 3.05) is 21.3 Å². The van der Waals surface area contributed by atoms with Crippen LogP contribution in [0.15, 0.2) is 72.8 Å². The van der Waals surface area contributed by atoms with Gasteiger partial charge in [0, 0.05) is 13.0 Å². The van der Waals surface area contributed by atoms with Crippen molar-refractivity contribution in [2.24, 2.45) is 0 Å². The Labute approximate surface area is 205 Å². The standard InChI is InChI=1S/C27H30N2O6/c1-32-23-15-21(16-24(33-2)25(23)34-3)17-28-26(30)22(14-19-10-6-4-7-11-19)29-27(31)35-18-20-12-8-5-9-13-20/h4-13,15-16,22H,14,17-18H2,1-3H3,(H,28,30)(H,29,31)/t22-/m0/s1. The summed E-state index contributed by atoms with van der Waals surface area (Å²) in [6.07, 6.45) is -0.361. The summed E-state index contributed by atoms with van der Waals surface area (Å²) in [5.41, 5.74) is 2.51. The van der Waals surface area contributed by atoms with Crippen LogP contribution in [0.4, 0.5) is 4.79 Å². The summed E-state index contributed by atoms with van der Waals surface area (Å²) < 4.78 is 21.4. The van der Waals surface area contributed by atoms with E-state index in [-0.39, 0.29) is 19.1 Å². The van der Waals surface area contributed by atoms with Crippen LogP contribution in [0.1, 0.15) is 16.7 Å².